The second-order valence-electron chi connectivity index (χ2n) is 3.95. The van der Waals surface area contributed by atoms with E-state index < -0.39 is 11.5 Å². The van der Waals surface area contributed by atoms with Crippen molar-refractivity contribution < 1.29 is 9.90 Å². The first-order valence-corrected chi connectivity index (χ1v) is 5.44. The van der Waals surface area contributed by atoms with E-state index >= 15 is 0 Å². The average molecular weight is 231 g/mol. The van der Waals surface area contributed by atoms with Gasteiger partial charge in [0.15, 0.2) is 0 Å². The molecule has 0 aliphatic heterocycles. The number of nitrogens with one attached hydrogen (secondary N) is 1. The fourth-order valence-electron chi connectivity index (χ4n) is 2.09. The Morgan fingerprint density at radius 3 is 2.71 bits per heavy atom. The van der Waals surface area contributed by atoms with Crippen LogP contribution in [0.5, 0.6) is 0 Å². The number of aromatic amines is 1. The van der Waals surface area contributed by atoms with Crippen molar-refractivity contribution in [1.29, 1.82) is 0 Å². The molecule has 0 saturated heterocycles. The molecule has 1 aromatic heterocycles. The molecule has 0 bridgehead atoms. The summed E-state index contributed by atoms with van der Waals surface area (Å²) in [6, 6.07) is 5.63. The molecule has 0 radical (unpaired) electrons. The number of benzene rings is 1. The second-order valence-corrected chi connectivity index (χ2v) is 3.95. The molecule has 0 atom stereocenters. The molecule has 4 nitrogen and oxygen atoms in total. The number of aromatic nitrogens is 1. The first-order chi connectivity index (χ1) is 8.06. The number of H-pyrrole nitrogens is 1. The van der Waals surface area contributed by atoms with Crippen LogP contribution in [0.4, 0.5) is 0 Å². The number of carbonyl (C=O) groups is 1. The number of hydrogen-bond acceptors (Lipinski definition) is 2. The SMILES string of the molecule is CCc1cccc2c(C)c(C(=O)O)c(=O)[nH]c12. The van der Waals surface area contributed by atoms with E-state index in [1.807, 2.05) is 25.1 Å². The van der Waals surface area contributed by atoms with Gasteiger partial charge in [-0.1, -0.05) is 25.1 Å². The van der Waals surface area contributed by atoms with Crippen LogP contribution in [0.2, 0.25) is 0 Å². The summed E-state index contributed by atoms with van der Waals surface area (Å²) in [5, 5.41) is 9.81. The van der Waals surface area contributed by atoms with Crippen LogP contribution in [0.1, 0.15) is 28.4 Å². The van der Waals surface area contributed by atoms with Crippen molar-refractivity contribution in [3.63, 3.8) is 0 Å². The highest BCUT2D eigenvalue weighted by Gasteiger charge is 2.16. The summed E-state index contributed by atoms with van der Waals surface area (Å²) in [7, 11) is 0. The van der Waals surface area contributed by atoms with Gasteiger partial charge in [0.2, 0.25) is 0 Å². The molecule has 88 valence electrons. The van der Waals surface area contributed by atoms with E-state index in [-0.39, 0.29) is 5.56 Å². The number of hydrogen-bond donors (Lipinski definition) is 2. The van der Waals surface area contributed by atoms with Gasteiger partial charge in [-0.3, -0.25) is 4.79 Å². The van der Waals surface area contributed by atoms with E-state index in [9.17, 15) is 9.59 Å². The van der Waals surface area contributed by atoms with Crippen molar-refractivity contribution in [2.75, 3.05) is 0 Å². The van der Waals surface area contributed by atoms with Gasteiger partial charge in [-0.15, -0.1) is 0 Å². The van der Waals surface area contributed by atoms with Crippen LogP contribution >= 0.6 is 0 Å². The fourth-order valence-corrected chi connectivity index (χ4v) is 2.09. The van der Waals surface area contributed by atoms with Gasteiger partial charge < -0.3 is 10.1 Å². The van der Waals surface area contributed by atoms with Gasteiger partial charge in [0.25, 0.3) is 5.56 Å². The molecular weight excluding hydrogens is 218 g/mol. The van der Waals surface area contributed by atoms with Crippen LogP contribution in [-0.4, -0.2) is 16.1 Å². The molecule has 0 aliphatic carbocycles. The molecule has 0 saturated carbocycles. The van der Waals surface area contributed by atoms with Crippen molar-refractivity contribution >= 4 is 16.9 Å². The van der Waals surface area contributed by atoms with Gasteiger partial charge in [-0.05, 0) is 24.5 Å². The van der Waals surface area contributed by atoms with Crippen LogP contribution < -0.4 is 5.56 Å². The van der Waals surface area contributed by atoms with Crippen LogP contribution in [0.25, 0.3) is 10.9 Å². The summed E-state index contributed by atoms with van der Waals surface area (Å²) < 4.78 is 0. The minimum absolute atomic E-state index is 0.175. The lowest BCUT2D eigenvalue weighted by Crippen LogP contribution is -2.20. The normalized spacial score (nSPS) is 10.7. The van der Waals surface area contributed by atoms with Crippen LogP contribution in [-0.2, 0) is 6.42 Å². The van der Waals surface area contributed by atoms with Gasteiger partial charge in [-0.2, -0.15) is 0 Å². The Balaban J connectivity index is 2.96. The summed E-state index contributed by atoms with van der Waals surface area (Å²) in [6.07, 6.45) is 0.791. The zero-order valence-electron chi connectivity index (χ0n) is 9.70. The maximum atomic E-state index is 11.7. The maximum Gasteiger partial charge on any atom is 0.341 e. The molecular formula is C13H13NO3. The highest BCUT2D eigenvalue weighted by Crippen LogP contribution is 2.21. The Bertz CT molecular complexity index is 655. The molecule has 2 rings (SSSR count). The summed E-state index contributed by atoms with van der Waals surface area (Å²) in [6.45, 7) is 3.66. The van der Waals surface area contributed by atoms with E-state index in [0.29, 0.717) is 5.56 Å². The van der Waals surface area contributed by atoms with E-state index in [2.05, 4.69) is 4.98 Å². The topological polar surface area (TPSA) is 70.2 Å². The van der Waals surface area contributed by atoms with Crippen molar-refractivity contribution in [2.45, 2.75) is 20.3 Å². The first kappa shape index (κ1) is 11.4. The number of aromatic carboxylic acids is 1. The van der Waals surface area contributed by atoms with E-state index in [1.54, 1.807) is 6.92 Å². The molecule has 0 spiro atoms. The highest BCUT2D eigenvalue weighted by atomic mass is 16.4. The molecule has 1 heterocycles. The van der Waals surface area contributed by atoms with Crippen molar-refractivity contribution in [1.82, 2.24) is 4.98 Å². The number of carboxylic acid groups (broad SMARTS) is 1. The lowest BCUT2D eigenvalue weighted by Gasteiger charge is -2.08. The Hall–Kier alpha value is -2.10. The average Bonchev–Trinajstić information content (AvgIpc) is 2.28. The molecule has 17 heavy (non-hydrogen) atoms. The van der Waals surface area contributed by atoms with Crippen LogP contribution in [0, 0.1) is 6.92 Å². The van der Waals surface area contributed by atoms with Gasteiger partial charge in [0, 0.05) is 5.39 Å². The number of fused-ring (bicyclic) bond motifs is 1. The lowest BCUT2D eigenvalue weighted by atomic mass is 10.0. The van der Waals surface area contributed by atoms with Crippen molar-refractivity contribution in [3.05, 3.63) is 45.2 Å². The third-order valence-electron chi connectivity index (χ3n) is 2.99. The molecule has 0 amide bonds. The lowest BCUT2D eigenvalue weighted by molar-refractivity contribution is 0.0694. The van der Waals surface area contributed by atoms with Gasteiger partial charge in [0.05, 0.1) is 5.52 Å². The van der Waals surface area contributed by atoms with Gasteiger partial charge >= 0.3 is 5.97 Å². The Morgan fingerprint density at radius 2 is 2.12 bits per heavy atom. The van der Waals surface area contributed by atoms with E-state index in [1.165, 1.54) is 0 Å². The third kappa shape index (κ3) is 1.71. The predicted molar refractivity (Wildman–Crippen MR) is 65.6 cm³/mol. The van der Waals surface area contributed by atoms with Crippen molar-refractivity contribution in [2.24, 2.45) is 0 Å². The standard InChI is InChI=1S/C13H13NO3/c1-3-8-5-4-6-9-7(2)10(13(16)17)12(15)14-11(8)9/h4-6H,3H2,1-2H3,(H,14,15)(H,16,17). The van der Waals surface area contributed by atoms with Gasteiger partial charge in [0.1, 0.15) is 5.56 Å². The summed E-state index contributed by atoms with van der Waals surface area (Å²) >= 11 is 0. The van der Waals surface area contributed by atoms with E-state index in [0.717, 1.165) is 22.9 Å². The quantitative estimate of drug-likeness (QED) is 0.831. The number of para-hydroxylation sites is 1. The molecule has 2 N–H and O–H groups in total. The zero-order valence-corrected chi connectivity index (χ0v) is 9.70. The Morgan fingerprint density at radius 1 is 1.41 bits per heavy atom. The largest absolute Gasteiger partial charge is 0.477 e. The number of rotatable bonds is 2. The minimum Gasteiger partial charge on any atom is -0.477 e. The molecule has 0 fully saturated rings. The van der Waals surface area contributed by atoms with Crippen LogP contribution in [0.3, 0.4) is 0 Å². The predicted octanol–water partition coefficient (Wildman–Crippen LogP) is 2.10. The molecule has 0 aliphatic rings. The smallest absolute Gasteiger partial charge is 0.341 e. The minimum atomic E-state index is -1.19. The summed E-state index contributed by atoms with van der Waals surface area (Å²) in [4.78, 5) is 25.4. The monoisotopic (exact) mass is 231 g/mol. The summed E-state index contributed by atoms with van der Waals surface area (Å²) in [5.41, 5.74) is 1.56. The summed E-state index contributed by atoms with van der Waals surface area (Å²) in [5.74, 6) is -1.19. The molecule has 0 unspecified atom stereocenters. The molecule has 4 heteroatoms. The third-order valence-corrected chi connectivity index (χ3v) is 2.99. The Kier molecular flexibility index (Phi) is 2.71. The first-order valence-electron chi connectivity index (χ1n) is 5.44. The van der Waals surface area contributed by atoms with Crippen molar-refractivity contribution in [3.8, 4) is 0 Å². The fraction of sp³-hybridized carbons (Fsp3) is 0.231. The van der Waals surface area contributed by atoms with Crippen LogP contribution in [0.15, 0.2) is 23.0 Å². The highest BCUT2D eigenvalue weighted by molar-refractivity contribution is 5.96. The Labute approximate surface area is 97.9 Å². The number of carboxylic acids is 1. The second kappa shape index (κ2) is 4.05. The van der Waals surface area contributed by atoms with E-state index in [4.69, 9.17) is 5.11 Å². The molecule has 1 aromatic carbocycles. The number of aryl methyl sites for hydroxylation is 2. The zero-order chi connectivity index (χ0) is 12.6. The van der Waals surface area contributed by atoms with Gasteiger partial charge in [-0.25, -0.2) is 4.79 Å². The maximum absolute atomic E-state index is 11.7. The number of pyridine rings is 1. The molecule has 2 aromatic rings.